The lowest BCUT2D eigenvalue weighted by molar-refractivity contribution is -0.922. The number of aryl methyl sites for hydroxylation is 1. The molecule has 3 heterocycles. The van der Waals surface area contributed by atoms with Crippen molar-refractivity contribution in [2.24, 2.45) is 5.92 Å². The monoisotopic (exact) mass is 416 g/mol. The van der Waals surface area contributed by atoms with E-state index >= 15 is 0 Å². The molecule has 0 aromatic carbocycles. The molecule has 156 valence electrons. The molecule has 29 heavy (non-hydrogen) atoms. The van der Waals surface area contributed by atoms with Crippen LogP contribution in [0.25, 0.3) is 10.2 Å². The summed E-state index contributed by atoms with van der Waals surface area (Å²) in [6, 6.07) is 0.380. The highest BCUT2D eigenvalue weighted by atomic mass is 32.1. The van der Waals surface area contributed by atoms with E-state index in [1.807, 2.05) is 11.3 Å². The molecule has 0 spiro atoms. The SMILES string of the molecule is C[C@H]1CCc2c(sc3nc(C[NH+]4CCOCC4)nc(NCC(=O)NC4CC4)c23)C1. The van der Waals surface area contributed by atoms with Gasteiger partial charge in [-0.15, -0.1) is 11.3 Å². The lowest BCUT2D eigenvalue weighted by atomic mass is 9.89. The number of anilines is 1. The Hall–Kier alpha value is -1.77. The largest absolute Gasteiger partial charge is 0.370 e. The van der Waals surface area contributed by atoms with Crippen molar-refractivity contribution in [2.45, 2.75) is 51.6 Å². The summed E-state index contributed by atoms with van der Waals surface area (Å²) in [7, 11) is 0. The number of thiophene rings is 1. The summed E-state index contributed by atoms with van der Waals surface area (Å²) >= 11 is 1.82. The minimum absolute atomic E-state index is 0.0531. The van der Waals surface area contributed by atoms with Gasteiger partial charge < -0.3 is 20.3 Å². The van der Waals surface area contributed by atoms with E-state index < -0.39 is 0 Å². The Morgan fingerprint density at radius 1 is 1.24 bits per heavy atom. The predicted octanol–water partition coefficient (Wildman–Crippen LogP) is 0.922. The van der Waals surface area contributed by atoms with Gasteiger partial charge in [0.2, 0.25) is 5.91 Å². The number of nitrogens with zero attached hydrogens (tertiary/aromatic N) is 2. The second kappa shape index (κ2) is 8.16. The number of hydrogen-bond acceptors (Lipinski definition) is 6. The number of rotatable bonds is 6. The second-order valence-corrected chi connectivity index (χ2v) is 9.84. The van der Waals surface area contributed by atoms with Crippen molar-refractivity contribution >= 4 is 33.3 Å². The van der Waals surface area contributed by atoms with Crippen LogP contribution < -0.4 is 15.5 Å². The van der Waals surface area contributed by atoms with Gasteiger partial charge in [-0.3, -0.25) is 4.79 Å². The molecule has 1 amide bonds. The molecule has 2 aliphatic carbocycles. The molecule has 3 N–H and O–H groups in total. The topological polar surface area (TPSA) is 80.6 Å². The second-order valence-electron chi connectivity index (χ2n) is 8.75. The smallest absolute Gasteiger partial charge is 0.239 e. The van der Waals surface area contributed by atoms with E-state index in [1.165, 1.54) is 21.8 Å². The number of carbonyl (C=O) groups excluding carboxylic acids is 1. The lowest BCUT2D eigenvalue weighted by Crippen LogP contribution is -3.12. The Kier molecular flexibility index (Phi) is 5.41. The third kappa shape index (κ3) is 4.39. The van der Waals surface area contributed by atoms with Crippen molar-refractivity contribution in [1.29, 1.82) is 0 Å². The third-order valence-corrected chi connectivity index (χ3v) is 7.32. The quantitative estimate of drug-likeness (QED) is 0.653. The average molecular weight is 417 g/mol. The van der Waals surface area contributed by atoms with E-state index in [1.54, 1.807) is 0 Å². The van der Waals surface area contributed by atoms with Crippen LogP contribution in [-0.2, 0) is 28.9 Å². The van der Waals surface area contributed by atoms with Crippen LogP contribution in [0.4, 0.5) is 5.82 Å². The van der Waals surface area contributed by atoms with Crippen LogP contribution in [0.2, 0.25) is 0 Å². The van der Waals surface area contributed by atoms with E-state index in [0.717, 1.165) is 86.3 Å². The fraction of sp³-hybridized carbons (Fsp3) is 0.667. The van der Waals surface area contributed by atoms with Gasteiger partial charge in [0, 0.05) is 10.9 Å². The molecule has 2 aromatic heterocycles. The first kappa shape index (κ1) is 19.2. The van der Waals surface area contributed by atoms with Crippen LogP contribution in [0.5, 0.6) is 0 Å². The summed E-state index contributed by atoms with van der Waals surface area (Å²) in [6.45, 7) is 6.99. The molecule has 1 aliphatic heterocycles. The Morgan fingerprint density at radius 2 is 2.07 bits per heavy atom. The van der Waals surface area contributed by atoms with Gasteiger partial charge in [-0.2, -0.15) is 0 Å². The maximum atomic E-state index is 12.2. The first-order valence-electron chi connectivity index (χ1n) is 10.9. The molecular weight excluding hydrogens is 386 g/mol. The number of quaternary nitrogens is 1. The Balaban J connectivity index is 1.43. The molecule has 5 rings (SSSR count). The van der Waals surface area contributed by atoms with Crippen LogP contribution in [0, 0.1) is 5.92 Å². The molecule has 7 nitrogen and oxygen atoms in total. The standard InChI is InChI=1S/C21H29N5O2S/c1-13-2-5-15-16(10-13)29-21-19(15)20(22-11-18(27)23-14-3-4-14)24-17(25-21)12-26-6-8-28-9-7-26/h13-14H,2-12H2,1H3,(H,23,27)(H,22,24,25)/p+1/t13-/m0/s1. The highest BCUT2D eigenvalue weighted by Crippen LogP contribution is 2.40. The first-order chi connectivity index (χ1) is 14.2. The Labute approximate surface area is 175 Å². The number of carbonyl (C=O) groups is 1. The molecule has 1 saturated heterocycles. The van der Waals surface area contributed by atoms with Crippen molar-refractivity contribution in [2.75, 3.05) is 38.2 Å². The van der Waals surface area contributed by atoms with Gasteiger partial charge in [-0.05, 0) is 43.6 Å². The zero-order valence-corrected chi connectivity index (χ0v) is 17.9. The number of fused-ring (bicyclic) bond motifs is 3. The van der Waals surface area contributed by atoms with E-state index in [0.29, 0.717) is 6.04 Å². The van der Waals surface area contributed by atoms with Gasteiger partial charge >= 0.3 is 0 Å². The van der Waals surface area contributed by atoms with Gasteiger partial charge in [0.1, 0.15) is 30.3 Å². The number of ether oxygens (including phenoxy) is 1. The molecule has 2 fully saturated rings. The van der Waals surface area contributed by atoms with Crippen LogP contribution in [0.1, 0.15) is 42.5 Å². The molecule has 0 bridgehead atoms. The number of hydrogen-bond donors (Lipinski definition) is 3. The van der Waals surface area contributed by atoms with Crippen molar-refractivity contribution in [1.82, 2.24) is 15.3 Å². The summed E-state index contributed by atoms with van der Waals surface area (Å²) in [5.41, 5.74) is 1.40. The maximum Gasteiger partial charge on any atom is 0.239 e. The molecule has 1 saturated carbocycles. The van der Waals surface area contributed by atoms with Crippen LogP contribution in [0.3, 0.4) is 0 Å². The van der Waals surface area contributed by atoms with Crippen LogP contribution in [0.15, 0.2) is 0 Å². The predicted molar refractivity (Wildman–Crippen MR) is 113 cm³/mol. The van der Waals surface area contributed by atoms with Crippen molar-refractivity contribution in [3.8, 4) is 0 Å². The van der Waals surface area contributed by atoms with E-state index in [-0.39, 0.29) is 12.5 Å². The zero-order chi connectivity index (χ0) is 19.8. The normalized spacial score (nSPS) is 22.4. The summed E-state index contributed by atoms with van der Waals surface area (Å²) in [6.07, 6.45) is 5.62. The maximum absolute atomic E-state index is 12.2. The fourth-order valence-electron chi connectivity index (χ4n) is 4.32. The Bertz CT molecular complexity index is 904. The van der Waals surface area contributed by atoms with Gasteiger partial charge in [0.05, 0.1) is 25.1 Å². The van der Waals surface area contributed by atoms with Gasteiger partial charge in [-0.25, -0.2) is 9.97 Å². The molecule has 8 heteroatoms. The van der Waals surface area contributed by atoms with E-state index in [2.05, 4.69) is 17.6 Å². The van der Waals surface area contributed by atoms with E-state index in [4.69, 9.17) is 14.7 Å². The highest BCUT2D eigenvalue weighted by Gasteiger charge is 2.26. The molecule has 0 unspecified atom stereocenters. The highest BCUT2D eigenvalue weighted by molar-refractivity contribution is 7.19. The van der Waals surface area contributed by atoms with Crippen molar-refractivity contribution in [3.63, 3.8) is 0 Å². The number of nitrogens with one attached hydrogen (secondary N) is 3. The molecule has 3 aliphatic rings. The van der Waals surface area contributed by atoms with Gasteiger partial charge in [-0.1, -0.05) is 6.92 Å². The lowest BCUT2D eigenvalue weighted by Gasteiger charge is -2.23. The third-order valence-electron chi connectivity index (χ3n) is 6.17. The summed E-state index contributed by atoms with van der Waals surface area (Å²) in [4.78, 5) is 26.1. The molecular formula is C21H30N5O2S+. The van der Waals surface area contributed by atoms with E-state index in [9.17, 15) is 4.79 Å². The molecule has 1 atom stereocenters. The van der Waals surface area contributed by atoms with Gasteiger partial charge in [0.15, 0.2) is 5.82 Å². The molecule has 2 aromatic rings. The summed E-state index contributed by atoms with van der Waals surface area (Å²) in [5.74, 6) is 2.49. The zero-order valence-electron chi connectivity index (χ0n) is 17.1. The summed E-state index contributed by atoms with van der Waals surface area (Å²) in [5, 5.41) is 7.56. The van der Waals surface area contributed by atoms with Crippen molar-refractivity contribution in [3.05, 3.63) is 16.3 Å². The van der Waals surface area contributed by atoms with Crippen LogP contribution >= 0.6 is 11.3 Å². The van der Waals surface area contributed by atoms with Crippen LogP contribution in [-0.4, -0.2) is 54.8 Å². The van der Waals surface area contributed by atoms with Gasteiger partial charge in [0.25, 0.3) is 0 Å². The number of aromatic nitrogens is 2. The first-order valence-corrected chi connectivity index (χ1v) is 11.7. The fourth-order valence-corrected chi connectivity index (χ4v) is 5.73. The minimum atomic E-state index is 0.0531. The van der Waals surface area contributed by atoms with Crippen molar-refractivity contribution < 1.29 is 14.4 Å². The summed E-state index contributed by atoms with van der Waals surface area (Å²) < 4.78 is 5.48. The molecule has 0 radical (unpaired) electrons. The average Bonchev–Trinajstić information content (AvgIpc) is 3.44. The Morgan fingerprint density at radius 3 is 2.86 bits per heavy atom. The number of amides is 1. The number of morpholine rings is 1. The minimum Gasteiger partial charge on any atom is -0.370 e.